The summed E-state index contributed by atoms with van der Waals surface area (Å²) in [7, 11) is 0. The van der Waals surface area contributed by atoms with Crippen LogP contribution in [0.4, 0.5) is 9.59 Å². The van der Waals surface area contributed by atoms with E-state index in [1.54, 1.807) is 6.92 Å². The van der Waals surface area contributed by atoms with Crippen LogP contribution < -0.4 is 0 Å². The Morgan fingerprint density at radius 1 is 0.958 bits per heavy atom. The lowest BCUT2D eigenvalue weighted by atomic mass is 9.94. The third-order valence-corrected chi connectivity index (χ3v) is 4.41. The van der Waals surface area contributed by atoms with Crippen molar-refractivity contribution in [3.63, 3.8) is 0 Å². The summed E-state index contributed by atoms with van der Waals surface area (Å²) >= 11 is 0. The lowest BCUT2D eigenvalue weighted by Crippen LogP contribution is -2.44. The molecule has 5 heteroatoms. The van der Waals surface area contributed by atoms with Crippen molar-refractivity contribution in [3.8, 4) is 0 Å². The predicted octanol–water partition coefficient (Wildman–Crippen LogP) is 4.79. The van der Waals surface area contributed by atoms with Crippen LogP contribution in [0.1, 0.15) is 52.5 Å². The number of amides is 2. The van der Waals surface area contributed by atoms with Gasteiger partial charge in [-0.3, -0.25) is 0 Å². The molecule has 5 nitrogen and oxygen atoms in total. The number of imide groups is 1. The molecule has 134 valence electrons. The fourth-order valence-electron chi connectivity index (χ4n) is 2.55. The number of ether oxygens (including phenoxy) is 2. The average Bonchev–Trinajstić information content (AvgIpc) is 2.61. The first-order valence-corrected chi connectivity index (χ1v) is 8.73. The number of carbonyl (C=O) groups excluding carboxylic acids is 2. The van der Waals surface area contributed by atoms with Gasteiger partial charge in [-0.2, -0.15) is 0 Å². The van der Waals surface area contributed by atoms with E-state index in [1.807, 2.05) is 51.1 Å². The summed E-state index contributed by atoms with van der Waals surface area (Å²) in [6.45, 7) is 8.12. The SMILES string of the molecule is CCOC(=O)N(CCc1ccccc1)C(=O)OC(CC)(CC)CC. The molecule has 24 heavy (non-hydrogen) atoms. The Morgan fingerprint density at radius 3 is 2.04 bits per heavy atom. The molecule has 0 radical (unpaired) electrons. The minimum Gasteiger partial charge on any atom is -0.449 e. The third-order valence-electron chi connectivity index (χ3n) is 4.41. The van der Waals surface area contributed by atoms with Crippen LogP contribution in [0.5, 0.6) is 0 Å². The molecule has 0 spiro atoms. The molecule has 0 atom stereocenters. The van der Waals surface area contributed by atoms with Gasteiger partial charge < -0.3 is 9.47 Å². The van der Waals surface area contributed by atoms with Gasteiger partial charge in [-0.15, -0.1) is 0 Å². The molecule has 2 amide bonds. The van der Waals surface area contributed by atoms with Crippen molar-refractivity contribution in [2.45, 2.75) is 59.0 Å². The first-order chi connectivity index (χ1) is 11.5. The van der Waals surface area contributed by atoms with E-state index in [0.29, 0.717) is 25.7 Å². The maximum Gasteiger partial charge on any atom is 0.419 e. The van der Waals surface area contributed by atoms with Crippen LogP contribution in [0.2, 0.25) is 0 Å². The average molecular weight is 335 g/mol. The molecular weight excluding hydrogens is 306 g/mol. The van der Waals surface area contributed by atoms with Crippen molar-refractivity contribution in [2.75, 3.05) is 13.2 Å². The van der Waals surface area contributed by atoms with E-state index < -0.39 is 17.8 Å². The smallest absolute Gasteiger partial charge is 0.419 e. The van der Waals surface area contributed by atoms with Crippen molar-refractivity contribution in [3.05, 3.63) is 35.9 Å². The molecule has 0 aliphatic carbocycles. The summed E-state index contributed by atoms with van der Waals surface area (Å²) in [5, 5.41) is 0. The molecule has 0 aliphatic heterocycles. The number of carbonyl (C=O) groups is 2. The van der Waals surface area contributed by atoms with Gasteiger partial charge in [0.25, 0.3) is 0 Å². The summed E-state index contributed by atoms with van der Waals surface area (Å²) < 4.78 is 10.7. The van der Waals surface area contributed by atoms with E-state index in [0.717, 1.165) is 10.5 Å². The molecule has 0 saturated carbocycles. The van der Waals surface area contributed by atoms with Gasteiger partial charge in [0.15, 0.2) is 0 Å². The van der Waals surface area contributed by atoms with Crippen LogP contribution in [0, 0.1) is 0 Å². The maximum absolute atomic E-state index is 12.6. The van der Waals surface area contributed by atoms with Gasteiger partial charge >= 0.3 is 12.2 Å². The van der Waals surface area contributed by atoms with Crippen LogP contribution in [-0.2, 0) is 15.9 Å². The summed E-state index contributed by atoms with van der Waals surface area (Å²) in [5.41, 5.74) is 0.515. The normalized spacial score (nSPS) is 11.0. The van der Waals surface area contributed by atoms with Crippen LogP contribution in [0.25, 0.3) is 0 Å². The Kier molecular flexibility index (Phi) is 8.30. The minimum atomic E-state index is -0.657. The van der Waals surface area contributed by atoms with E-state index >= 15 is 0 Å². The molecule has 0 heterocycles. The molecule has 0 aromatic heterocycles. The van der Waals surface area contributed by atoms with Crippen molar-refractivity contribution in [1.29, 1.82) is 0 Å². The molecular formula is C19H29NO4. The first-order valence-electron chi connectivity index (χ1n) is 8.73. The summed E-state index contributed by atoms with van der Waals surface area (Å²) in [4.78, 5) is 25.8. The third kappa shape index (κ3) is 5.55. The monoisotopic (exact) mass is 335 g/mol. The van der Waals surface area contributed by atoms with Crippen LogP contribution in [0.15, 0.2) is 30.3 Å². The summed E-state index contributed by atoms with van der Waals surface area (Å²) in [6.07, 6.45) is 1.40. The van der Waals surface area contributed by atoms with Crippen LogP contribution in [0.3, 0.4) is 0 Å². The fraction of sp³-hybridized carbons (Fsp3) is 0.579. The second kappa shape index (κ2) is 9.96. The number of hydrogen-bond donors (Lipinski definition) is 0. The minimum absolute atomic E-state index is 0.217. The second-order valence-electron chi connectivity index (χ2n) is 5.70. The molecule has 0 saturated heterocycles. The van der Waals surface area contributed by atoms with Gasteiger partial charge in [0.2, 0.25) is 0 Å². The Morgan fingerprint density at radius 2 is 1.54 bits per heavy atom. The van der Waals surface area contributed by atoms with E-state index in [1.165, 1.54) is 0 Å². The van der Waals surface area contributed by atoms with E-state index in [-0.39, 0.29) is 13.2 Å². The fourth-order valence-corrected chi connectivity index (χ4v) is 2.55. The molecule has 0 aliphatic rings. The maximum atomic E-state index is 12.6. The summed E-state index contributed by atoms with van der Waals surface area (Å²) in [6, 6.07) is 9.71. The number of nitrogens with zero attached hydrogens (tertiary/aromatic N) is 1. The Balaban J connectivity index is 2.84. The molecule has 0 fully saturated rings. The molecule has 1 aromatic carbocycles. The number of benzene rings is 1. The topological polar surface area (TPSA) is 55.8 Å². The lowest BCUT2D eigenvalue weighted by Gasteiger charge is -2.32. The largest absolute Gasteiger partial charge is 0.449 e. The Bertz CT molecular complexity index is 503. The Labute approximate surface area is 144 Å². The standard InChI is InChI=1S/C19H29NO4/c1-5-19(6-2,7-3)24-18(22)20(17(21)23-8-4)15-14-16-12-10-9-11-13-16/h9-13H,5-8,14-15H2,1-4H3. The van der Waals surface area contributed by atoms with Crippen molar-refractivity contribution in [2.24, 2.45) is 0 Å². The predicted molar refractivity (Wildman–Crippen MR) is 94.0 cm³/mol. The molecule has 1 aromatic rings. The van der Waals surface area contributed by atoms with Crippen molar-refractivity contribution < 1.29 is 19.1 Å². The van der Waals surface area contributed by atoms with Gasteiger partial charge in [0.05, 0.1) is 6.61 Å². The zero-order chi connectivity index (χ0) is 18.0. The summed E-state index contributed by atoms with van der Waals surface area (Å²) in [5.74, 6) is 0. The molecule has 0 N–H and O–H groups in total. The molecule has 0 unspecified atom stereocenters. The van der Waals surface area contributed by atoms with Crippen LogP contribution >= 0.6 is 0 Å². The van der Waals surface area contributed by atoms with Gasteiger partial charge in [-0.25, -0.2) is 14.5 Å². The van der Waals surface area contributed by atoms with Crippen LogP contribution in [-0.4, -0.2) is 35.8 Å². The highest BCUT2D eigenvalue weighted by Crippen LogP contribution is 2.25. The number of hydrogen-bond acceptors (Lipinski definition) is 4. The zero-order valence-electron chi connectivity index (χ0n) is 15.2. The first kappa shape index (κ1) is 20.0. The van der Waals surface area contributed by atoms with Crippen molar-refractivity contribution >= 4 is 12.2 Å². The molecule has 0 bridgehead atoms. The number of rotatable bonds is 8. The van der Waals surface area contributed by atoms with Gasteiger partial charge in [0.1, 0.15) is 5.60 Å². The van der Waals surface area contributed by atoms with Crippen molar-refractivity contribution in [1.82, 2.24) is 4.90 Å². The van der Waals surface area contributed by atoms with E-state index in [9.17, 15) is 9.59 Å². The van der Waals surface area contributed by atoms with Gasteiger partial charge in [0, 0.05) is 6.54 Å². The highest BCUT2D eigenvalue weighted by Gasteiger charge is 2.33. The Hall–Kier alpha value is -2.04. The van der Waals surface area contributed by atoms with Gasteiger partial charge in [-0.1, -0.05) is 51.1 Å². The van der Waals surface area contributed by atoms with E-state index in [4.69, 9.17) is 9.47 Å². The quantitative estimate of drug-likeness (QED) is 0.685. The lowest BCUT2D eigenvalue weighted by molar-refractivity contribution is -0.0173. The highest BCUT2D eigenvalue weighted by molar-refractivity contribution is 5.88. The van der Waals surface area contributed by atoms with Gasteiger partial charge in [-0.05, 0) is 38.2 Å². The highest BCUT2D eigenvalue weighted by atomic mass is 16.6. The molecule has 1 rings (SSSR count). The van der Waals surface area contributed by atoms with E-state index in [2.05, 4.69) is 0 Å². The zero-order valence-corrected chi connectivity index (χ0v) is 15.2. The second-order valence-corrected chi connectivity index (χ2v) is 5.70.